The first-order valence-corrected chi connectivity index (χ1v) is 34.7. The summed E-state index contributed by atoms with van der Waals surface area (Å²) in [5.41, 5.74) is 15.7. The zero-order chi connectivity index (χ0) is 53.3. The minimum absolute atomic E-state index is 0.186. The molecule has 0 aromatic heterocycles. The van der Waals surface area contributed by atoms with Gasteiger partial charge in [-0.25, -0.2) is 0 Å². The number of nitrogens with one attached hydrogen (secondary N) is 4. The Balaban J connectivity index is 0.762. The van der Waals surface area contributed by atoms with Crippen LogP contribution in [-0.4, -0.2) is 67.1 Å². The second-order valence-electron chi connectivity index (χ2n) is 28.9. The third-order valence-corrected chi connectivity index (χ3v) is 24.1. The fourth-order valence-corrected chi connectivity index (χ4v) is 19.4. The fraction of sp³-hybridized carbons (Fsp3) is 0.767. The van der Waals surface area contributed by atoms with Crippen molar-refractivity contribution in [2.75, 3.05) is 13.1 Å². The quantitative estimate of drug-likeness (QED) is 0.0785. The Kier molecular flexibility index (Phi) is 20.0. The molecule has 12 aliphatic rings. The summed E-state index contributed by atoms with van der Waals surface area (Å²) in [7, 11) is 0. The first-order valence-electron chi connectivity index (χ1n) is 34.7. The van der Waals surface area contributed by atoms with E-state index in [1.54, 1.807) is 16.9 Å². The van der Waals surface area contributed by atoms with Crippen molar-refractivity contribution >= 4 is 5.71 Å². The maximum absolute atomic E-state index is 7.08. The van der Waals surface area contributed by atoms with E-state index in [1.165, 1.54) is 206 Å². The summed E-state index contributed by atoms with van der Waals surface area (Å²) >= 11 is 0. The molecule has 5 aliphatic heterocycles. The first kappa shape index (κ1) is 56.9. The van der Waals surface area contributed by atoms with Crippen molar-refractivity contribution in [2.24, 2.45) is 75.8 Å². The molecule has 0 spiro atoms. The maximum Gasteiger partial charge on any atom is 0.0652 e. The molecular formula is C73H112N6. The van der Waals surface area contributed by atoms with Gasteiger partial charge < -0.3 is 27.0 Å². The summed E-state index contributed by atoms with van der Waals surface area (Å²) in [5.74, 6) is 8.10. The molecule has 0 amide bonds. The zero-order valence-electron chi connectivity index (χ0n) is 49.7. The number of rotatable bonds is 16. The molecule has 7 aliphatic carbocycles. The Morgan fingerprint density at radius 2 is 1.42 bits per heavy atom. The standard InChI is InChI=1S/C73H112N6/c1-2-3-7-24-65(74)71-47-62(50-18-8-4-9-19-50)44-68(77-71)56-33-27-53(28-34-56)59-41-60(54-29-35-57(36-30-54)69-45-63(51-20-10-5-11-21-51)48-72(78-69)66-25-14-16-39-75-66)43-61(42-59)55-31-37-58(38-32-55)70-46-64(52-22-12-6-13-23-52)49-73(79-70)67-26-15-17-40-76-67/h2,10,15,17,20,22,27,31,37,43,46,50-51,54-59,61-63,65-67,69-73,75-76,78-79H,1,3-9,11-14,16,18-19,21,23-26,28-30,32-36,38-42,44-45,47-49,74H2. The number of nitrogens with zero attached hydrogens (tertiary/aromatic N) is 1. The Morgan fingerprint density at radius 1 is 0.544 bits per heavy atom. The van der Waals surface area contributed by atoms with Crippen LogP contribution < -0.4 is 27.0 Å². The molecule has 2 saturated carbocycles. The van der Waals surface area contributed by atoms with E-state index >= 15 is 0 Å². The third kappa shape index (κ3) is 14.3. The van der Waals surface area contributed by atoms with Crippen LogP contribution in [0.15, 0.2) is 101 Å². The zero-order valence-corrected chi connectivity index (χ0v) is 49.7. The molecule has 6 nitrogen and oxygen atoms in total. The second kappa shape index (κ2) is 27.9. The van der Waals surface area contributed by atoms with Gasteiger partial charge in [0.05, 0.1) is 6.04 Å². The SMILES string of the molecule is C=CCCCC(N)C1CC(C2CCCCC2)CC(C2CC=C(C3CC(C4CCC(C5CC(C6C=CCCC6)CC(C6CCCCN6)N5)CC4)=CC(C4C=CC(C5C=C(C6=CCCCC6)CC(C6CC=CCN6)N5)CC4)C3)CC2)=N1. The van der Waals surface area contributed by atoms with Crippen LogP contribution in [-0.2, 0) is 0 Å². The van der Waals surface area contributed by atoms with Gasteiger partial charge in [-0.15, -0.1) is 6.58 Å². The lowest BCUT2D eigenvalue weighted by molar-refractivity contribution is 0.108. The molecule has 6 heteroatoms. The van der Waals surface area contributed by atoms with Crippen molar-refractivity contribution in [1.29, 1.82) is 0 Å². The fourth-order valence-electron chi connectivity index (χ4n) is 19.4. The van der Waals surface area contributed by atoms with Gasteiger partial charge in [-0.3, -0.25) is 4.99 Å². The third-order valence-electron chi connectivity index (χ3n) is 24.1. The number of piperidine rings is 2. The number of unbranched alkanes of at least 4 members (excludes halogenated alkanes) is 1. The molecule has 16 unspecified atom stereocenters. The summed E-state index contributed by atoms with van der Waals surface area (Å²) < 4.78 is 0. The average molecular weight is 1070 g/mol. The van der Waals surface area contributed by atoms with Crippen molar-refractivity contribution in [2.45, 2.75) is 273 Å². The predicted molar refractivity (Wildman–Crippen MR) is 334 cm³/mol. The van der Waals surface area contributed by atoms with E-state index in [9.17, 15) is 0 Å². The van der Waals surface area contributed by atoms with Gasteiger partial charge in [0, 0.05) is 60.5 Å². The number of aliphatic imine (C=N–C) groups is 1. The lowest BCUT2D eigenvalue weighted by atomic mass is 9.64. The Labute approximate surface area is 482 Å². The van der Waals surface area contributed by atoms with Crippen molar-refractivity contribution < 1.29 is 0 Å². The van der Waals surface area contributed by atoms with E-state index in [0.717, 1.165) is 67.7 Å². The molecule has 0 aromatic rings. The maximum atomic E-state index is 7.08. The minimum atomic E-state index is 0.186. The minimum Gasteiger partial charge on any atom is -0.326 e. The van der Waals surface area contributed by atoms with Gasteiger partial charge in [0.1, 0.15) is 0 Å². The van der Waals surface area contributed by atoms with E-state index in [4.69, 9.17) is 10.7 Å². The van der Waals surface area contributed by atoms with Gasteiger partial charge in [-0.1, -0.05) is 117 Å². The van der Waals surface area contributed by atoms with Crippen LogP contribution in [0.1, 0.15) is 225 Å². The second-order valence-corrected chi connectivity index (χ2v) is 28.9. The molecule has 79 heavy (non-hydrogen) atoms. The van der Waals surface area contributed by atoms with Crippen molar-refractivity contribution in [3.05, 3.63) is 95.7 Å². The van der Waals surface area contributed by atoms with Gasteiger partial charge in [0.25, 0.3) is 0 Å². The smallest absolute Gasteiger partial charge is 0.0652 e. The monoisotopic (exact) mass is 1070 g/mol. The van der Waals surface area contributed by atoms with Gasteiger partial charge >= 0.3 is 0 Å². The normalized spacial score (nSPS) is 41.3. The van der Waals surface area contributed by atoms with E-state index in [0.29, 0.717) is 71.9 Å². The summed E-state index contributed by atoms with van der Waals surface area (Å²) in [6.07, 6.45) is 74.8. The molecule has 6 N–H and O–H groups in total. The molecule has 0 aromatic carbocycles. The molecule has 434 valence electrons. The summed E-state index contributed by atoms with van der Waals surface area (Å²) in [6.45, 7) is 6.24. The largest absolute Gasteiger partial charge is 0.326 e. The number of hydrogen-bond acceptors (Lipinski definition) is 6. The molecular weight excluding hydrogens is 961 g/mol. The van der Waals surface area contributed by atoms with Crippen LogP contribution in [0.3, 0.4) is 0 Å². The van der Waals surface area contributed by atoms with Crippen LogP contribution in [0.2, 0.25) is 0 Å². The average Bonchev–Trinajstić information content (AvgIpc) is 3.56. The molecule has 12 rings (SSSR count). The van der Waals surface area contributed by atoms with Crippen LogP contribution in [0.4, 0.5) is 0 Å². The van der Waals surface area contributed by atoms with Crippen LogP contribution in [0.25, 0.3) is 0 Å². The molecule has 5 heterocycles. The van der Waals surface area contributed by atoms with E-state index < -0.39 is 0 Å². The lowest BCUT2D eigenvalue weighted by Gasteiger charge is -2.47. The highest BCUT2D eigenvalue weighted by Gasteiger charge is 2.43. The topological polar surface area (TPSA) is 86.5 Å². The first-order chi connectivity index (χ1) is 39.0. The van der Waals surface area contributed by atoms with Crippen molar-refractivity contribution in [3.63, 3.8) is 0 Å². The van der Waals surface area contributed by atoms with E-state index in [2.05, 4.69) is 94.7 Å². The highest BCUT2D eigenvalue weighted by Crippen LogP contribution is 2.50. The van der Waals surface area contributed by atoms with Crippen molar-refractivity contribution in [3.8, 4) is 0 Å². The van der Waals surface area contributed by atoms with E-state index in [-0.39, 0.29) is 6.04 Å². The highest BCUT2D eigenvalue weighted by molar-refractivity contribution is 5.88. The molecule has 16 atom stereocenters. The number of nitrogens with two attached hydrogens (primary N) is 1. The van der Waals surface area contributed by atoms with Gasteiger partial charge in [-0.2, -0.15) is 0 Å². The van der Waals surface area contributed by atoms with Crippen LogP contribution >= 0.6 is 0 Å². The predicted octanol–water partition coefficient (Wildman–Crippen LogP) is 15.8. The Hall–Kier alpha value is -2.61. The Bertz CT molecular complexity index is 2240. The van der Waals surface area contributed by atoms with Gasteiger partial charge in [0.2, 0.25) is 0 Å². The molecule has 4 fully saturated rings. The number of allylic oxidation sites excluding steroid dienone is 10. The number of hydrogen-bond donors (Lipinski definition) is 5. The lowest BCUT2D eigenvalue weighted by Crippen LogP contribution is -2.59. The summed E-state index contributed by atoms with van der Waals surface area (Å²) in [5, 5.41) is 16.6. The van der Waals surface area contributed by atoms with Gasteiger partial charge in [-0.05, 0) is 263 Å². The Morgan fingerprint density at radius 3 is 2.18 bits per heavy atom. The molecule has 0 radical (unpaired) electrons. The summed E-state index contributed by atoms with van der Waals surface area (Å²) in [4.78, 5) is 5.70. The summed E-state index contributed by atoms with van der Waals surface area (Å²) in [6, 6.07) is 3.96. The van der Waals surface area contributed by atoms with Gasteiger partial charge in [0.15, 0.2) is 0 Å². The van der Waals surface area contributed by atoms with Crippen LogP contribution in [0, 0.1) is 65.1 Å². The van der Waals surface area contributed by atoms with E-state index in [1.807, 2.05) is 11.1 Å². The van der Waals surface area contributed by atoms with Crippen molar-refractivity contribution in [1.82, 2.24) is 21.3 Å². The molecule has 2 saturated heterocycles. The highest BCUT2D eigenvalue weighted by atomic mass is 15.1. The van der Waals surface area contributed by atoms with Crippen LogP contribution in [0.5, 0.6) is 0 Å². The molecule has 0 bridgehead atoms.